The van der Waals surface area contributed by atoms with Gasteiger partial charge in [0.05, 0.1) is 6.61 Å². The van der Waals surface area contributed by atoms with E-state index in [0.29, 0.717) is 13.0 Å². The summed E-state index contributed by atoms with van der Waals surface area (Å²) in [6.07, 6.45) is 3.53. The second-order valence-corrected chi connectivity index (χ2v) is 2.83. The number of esters is 1. The SMILES string of the molecule is CCOCCCCCOC(=O)CC. The molecule has 0 N–H and O–H groups in total. The van der Waals surface area contributed by atoms with Gasteiger partial charge in [-0.1, -0.05) is 6.92 Å². The third kappa shape index (κ3) is 9.34. The number of hydrogen-bond acceptors (Lipinski definition) is 3. The zero-order valence-electron chi connectivity index (χ0n) is 8.67. The zero-order chi connectivity index (χ0) is 9.94. The molecule has 3 heteroatoms. The molecule has 0 aromatic heterocycles. The number of carbonyl (C=O) groups excluding carboxylic acids is 1. The van der Waals surface area contributed by atoms with Crippen molar-refractivity contribution in [3.63, 3.8) is 0 Å². The molecule has 78 valence electrons. The minimum Gasteiger partial charge on any atom is -0.466 e. The van der Waals surface area contributed by atoms with E-state index in [1.807, 2.05) is 6.92 Å². The highest BCUT2D eigenvalue weighted by Gasteiger charge is 1.96. The predicted octanol–water partition coefficient (Wildman–Crippen LogP) is 2.15. The van der Waals surface area contributed by atoms with Crippen molar-refractivity contribution < 1.29 is 14.3 Å². The molecule has 0 saturated carbocycles. The first-order chi connectivity index (χ1) is 6.31. The van der Waals surface area contributed by atoms with E-state index in [0.717, 1.165) is 32.5 Å². The molecule has 0 fully saturated rings. The summed E-state index contributed by atoms with van der Waals surface area (Å²) in [6, 6.07) is 0. The van der Waals surface area contributed by atoms with Crippen LogP contribution >= 0.6 is 0 Å². The molecule has 0 aliphatic heterocycles. The Morgan fingerprint density at radius 2 is 1.77 bits per heavy atom. The van der Waals surface area contributed by atoms with Crippen LogP contribution in [0.2, 0.25) is 0 Å². The van der Waals surface area contributed by atoms with Crippen LogP contribution in [0.4, 0.5) is 0 Å². The Labute approximate surface area is 80.4 Å². The fraction of sp³-hybridized carbons (Fsp3) is 0.900. The highest BCUT2D eigenvalue weighted by Crippen LogP contribution is 1.97. The molecular weight excluding hydrogens is 168 g/mol. The molecule has 0 aliphatic carbocycles. The summed E-state index contributed by atoms with van der Waals surface area (Å²) in [4.78, 5) is 10.7. The molecule has 0 saturated heterocycles. The Kier molecular flexibility index (Phi) is 9.10. The first-order valence-electron chi connectivity index (χ1n) is 5.04. The van der Waals surface area contributed by atoms with Gasteiger partial charge in [0.25, 0.3) is 0 Å². The first kappa shape index (κ1) is 12.4. The number of hydrogen-bond donors (Lipinski definition) is 0. The maximum atomic E-state index is 10.7. The van der Waals surface area contributed by atoms with Gasteiger partial charge in [-0.05, 0) is 26.2 Å². The van der Waals surface area contributed by atoms with E-state index in [1.54, 1.807) is 6.92 Å². The van der Waals surface area contributed by atoms with Crippen molar-refractivity contribution in [3.8, 4) is 0 Å². The average Bonchev–Trinajstić information content (AvgIpc) is 2.16. The van der Waals surface area contributed by atoms with E-state index >= 15 is 0 Å². The number of rotatable bonds is 8. The van der Waals surface area contributed by atoms with Crippen LogP contribution in [0.1, 0.15) is 39.5 Å². The van der Waals surface area contributed by atoms with E-state index in [9.17, 15) is 4.79 Å². The maximum absolute atomic E-state index is 10.7. The molecule has 0 rings (SSSR count). The highest BCUT2D eigenvalue weighted by atomic mass is 16.5. The zero-order valence-corrected chi connectivity index (χ0v) is 8.67. The first-order valence-corrected chi connectivity index (χ1v) is 5.04. The topological polar surface area (TPSA) is 35.5 Å². The van der Waals surface area contributed by atoms with Crippen molar-refractivity contribution in [2.24, 2.45) is 0 Å². The Hall–Kier alpha value is -0.570. The van der Waals surface area contributed by atoms with Gasteiger partial charge in [0.2, 0.25) is 0 Å². The fourth-order valence-corrected chi connectivity index (χ4v) is 0.915. The summed E-state index contributed by atoms with van der Waals surface area (Å²) in [7, 11) is 0. The van der Waals surface area contributed by atoms with E-state index in [2.05, 4.69) is 0 Å². The Morgan fingerprint density at radius 3 is 2.38 bits per heavy atom. The lowest BCUT2D eigenvalue weighted by atomic mass is 10.2. The third-order valence-electron chi connectivity index (χ3n) is 1.69. The van der Waals surface area contributed by atoms with Gasteiger partial charge in [0, 0.05) is 19.6 Å². The molecule has 0 amide bonds. The Bertz CT molecular complexity index is 123. The second kappa shape index (κ2) is 9.52. The minimum absolute atomic E-state index is 0.107. The molecule has 0 bridgehead atoms. The van der Waals surface area contributed by atoms with Gasteiger partial charge < -0.3 is 9.47 Å². The van der Waals surface area contributed by atoms with Crippen molar-refractivity contribution in [3.05, 3.63) is 0 Å². The molecule has 13 heavy (non-hydrogen) atoms. The summed E-state index contributed by atoms with van der Waals surface area (Å²) in [5.41, 5.74) is 0. The Morgan fingerprint density at radius 1 is 1.08 bits per heavy atom. The van der Waals surface area contributed by atoms with Gasteiger partial charge in [-0.15, -0.1) is 0 Å². The Balaban J connectivity index is 2.95. The summed E-state index contributed by atoms with van der Waals surface area (Å²) >= 11 is 0. The van der Waals surface area contributed by atoms with Gasteiger partial charge >= 0.3 is 5.97 Å². The molecule has 0 aromatic rings. The maximum Gasteiger partial charge on any atom is 0.305 e. The molecule has 0 atom stereocenters. The van der Waals surface area contributed by atoms with Crippen molar-refractivity contribution >= 4 is 5.97 Å². The van der Waals surface area contributed by atoms with Gasteiger partial charge in [0.1, 0.15) is 0 Å². The number of unbranched alkanes of at least 4 members (excludes halogenated alkanes) is 2. The van der Waals surface area contributed by atoms with Crippen LogP contribution in [0.3, 0.4) is 0 Å². The second-order valence-electron chi connectivity index (χ2n) is 2.83. The van der Waals surface area contributed by atoms with Crippen LogP contribution in [0.25, 0.3) is 0 Å². The normalized spacial score (nSPS) is 10.0. The van der Waals surface area contributed by atoms with Crippen LogP contribution < -0.4 is 0 Å². The standard InChI is InChI=1S/C10H20O3/c1-3-10(11)13-9-7-5-6-8-12-4-2/h3-9H2,1-2H3. The molecule has 0 aliphatic rings. The molecular formula is C10H20O3. The van der Waals surface area contributed by atoms with Gasteiger partial charge in [-0.2, -0.15) is 0 Å². The van der Waals surface area contributed by atoms with E-state index in [1.165, 1.54) is 0 Å². The summed E-state index contributed by atoms with van der Waals surface area (Å²) in [5.74, 6) is -0.107. The lowest BCUT2D eigenvalue weighted by molar-refractivity contribution is -0.143. The lowest BCUT2D eigenvalue weighted by Gasteiger charge is -2.03. The van der Waals surface area contributed by atoms with Crippen LogP contribution in [-0.2, 0) is 14.3 Å². The molecule has 0 unspecified atom stereocenters. The van der Waals surface area contributed by atoms with E-state index in [4.69, 9.17) is 9.47 Å². The highest BCUT2D eigenvalue weighted by molar-refractivity contribution is 5.68. The van der Waals surface area contributed by atoms with Crippen molar-refractivity contribution in [1.82, 2.24) is 0 Å². The average molecular weight is 188 g/mol. The molecule has 0 radical (unpaired) electrons. The van der Waals surface area contributed by atoms with Crippen molar-refractivity contribution in [2.45, 2.75) is 39.5 Å². The molecule has 0 heterocycles. The van der Waals surface area contributed by atoms with Crippen LogP contribution in [-0.4, -0.2) is 25.8 Å². The lowest BCUT2D eigenvalue weighted by Crippen LogP contribution is -2.04. The van der Waals surface area contributed by atoms with E-state index in [-0.39, 0.29) is 5.97 Å². The largest absolute Gasteiger partial charge is 0.466 e. The van der Waals surface area contributed by atoms with Gasteiger partial charge in [0.15, 0.2) is 0 Å². The van der Waals surface area contributed by atoms with Crippen LogP contribution in [0.5, 0.6) is 0 Å². The quantitative estimate of drug-likeness (QED) is 0.432. The molecule has 0 aromatic carbocycles. The molecule has 3 nitrogen and oxygen atoms in total. The predicted molar refractivity (Wildman–Crippen MR) is 51.6 cm³/mol. The van der Waals surface area contributed by atoms with Crippen molar-refractivity contribution in [2.75, 3.05) is 19.8 Å². The number of carbonyl (C=O) groups is 1. The minimum atomic E-state index is -0.107. The van der Waals surface area contributed by atoms with Gasteiger partial charge in [-0.25, -0.2) is 0 Å². The fourth-order valence-electron chi connectivity index (χ4n) is 0.915. The summed E-state index contributed by atoms with van der Waals surface area (Å²) in [6.45, 7) is 5.95. The van der Waals surface area contributed by atoms with Gasteiger partial charge in [-0.3, -0.25) is 4.79 Å². The monoisotopic (exact) mass is 188 g/mol. The smallest absolute Gasteiger partial charge is 0.305 e. The molecule has 0 spiro atoms. The van der Waals surface area contributed by atoms with Crippen LogP contribution in [0.15, 0.2) is 0 Å². The van der Waals surface area contributed by atoms with Crippen molar-refractivity contribution in [1.29, 1.82) is 0 Å². The third-order valence-corrected chi connectivity index (χ3v) is 1.69. The van der Waals surface area contributed by atoms with E-state index < -0.39 is 0 Å². The number of ether oxygens (including phenoxy) is 2. The summed E-state index contributed by atoms with van der Waals surface area (Å²) < 4.78 is 10.1. The summed E-state index contributed by atoms with van der Waals surface area (Å²) in [5, 5.41) is 0. The van der Waals surface area contributed by atoms with Crippen LogP contribution in [0, 0.1) is 0 Å².